The van der Waals surface area contributed by atoms with Crippen LogP contribution in [-0.2, 0) is 14.3 Å². The van der Waals surface area contributed by atoms with Crippen molar-refractivity contribution in [3.05, 3.63) is 11.6 Å². The van der Waals surface area contributed by atoms with Crippen molar-refractivity contribution in [2.75, 3.05) is 6.61 Å². The van der Waals surface area contributed by atoms with E-state index < -0.39 is 0 Å². The van der Waals surface area contributed by atoms with Crippen LogP contribution in [0.4, 0.5) is 0 Å². The number of ketones is 2. The van der Waals surface area contributed by atoms with Crippen LogP contribution in [0.1, 0.15) is 65.7 Å². The van der Waals surface area contributed by atoms with Crippen molar-refractivity contribution in [3.63, 3.8) is 0 Å². The molecule has 5 heteroatoms. The molecule has 27 heavy (non-hydrogen) atoms. The van der Waals surface area contributed by atoms with Crippen LogP contribution in [0.2, 0.25) is 0 Å². The molecule has 0 aromatic carbocycles. The molecule has 4 aliphatic rings. The van der Waals surface area contributed by atoms with Crippen LogP contribution in [0.5, 0.6) is 0 Å². The van der Waals surface area contributed by atoms with Gasteiger partial charge in [-0.1, -0.05) is 25.6 Å². The van der Waals surface area contributed by atoms with E-state index >= 15 is 0 Å². The fourth-order valence-electron chi connectivity index (χ4n) is 6.73. The molecule has 0 heterocycles. The van der Waals surface area contributed by atoms with Crippen LogP contribution in [0.15, 0.2) is 11.6 Å². The molecule has 0 radical (unpaired) electrons. The molecule has 0 N–H and O–H groups in total. The van der Waals surface area contributed by atoms with E-state index in [9.17, 15) is 9.59 Å². The number of thiocarbonyl (C=S) groups is 1. The van der Waals surface area contributed by atoms with Gasteiger partial charge in [-0.05, 0) is 86.1 Å². The molecule has 0 bridgehead atoms. The van der Waals surface area contributed by atoms with E-state index in [-0.39, 0.29) is 21.9 Å². The summed E-state index contributed by atoms with van der Waals surface area (Å²) in [7, 11) is 0. The number of carbonyl (C=O) groups is 2. The molecule has 0 aromatic heterocycles. The van der Waals surface area contributed by atoms with E-state index in [2.05, 4.69) is 13.8 Å². The third kappa shape index (κ3) is 3.04. The van der Waals surface area contributed by atoms with Crippen LogP contribution < -0.4 is 0 Å². The molecule has 0 saturated heterocycles. The van der Waals surface area contributed by atoms with E-state index in [4.69, 9.17) is 17.0 Å². The van der Waals surface area contributed by atoms with Gasteiger partial charge in [-0.15, -0.1) is 0 Å². The molecular weight excluding hydrogens is 376 g/mol. The second-order valence-corrected chi connectivity index (χ2v) is 11.1. The van der Waals surface area contributed by atoms with Crippen molar-refractivity contribution < 1.29 is 14.3 Å². The molecule has 3 saturated carbocycles. The van der Waals surface area contributed by atoms with Crippen molar-refractivity contribution in [2.45, 2.75) is 71.0 Å². The Labute approximate surface area is 172 Å². The first-order valence-electron chi connectivity index (χ1n) is 10.4. The maximum atomic E-state index is 12.7. The fourth-order valence-corrected chi connectivity index (χ4v) is 8.40. The van der Waals surface area contributed by atoms with Gasteiger partial charge in [0.05, 0.1) is 6.61 Å². The van der Waals surface area contributed by atoms with Gasteiger partial charge in [0.25, 0.3) is 0 Å². The van der Waals surface area contributed by atoms with Gasteiger partial charge in [0.15, 0.2) is 5.78 Å². The monoisotopic (exact) mass is 406 g/mol. The van der Waals surface area contributed by atoms with E-state index in [0.717, 1.165) is 38.5 Å². The second-order valence-electron chi connectivity index (χ2n) is 9.30. The molecule has 148 valence electrons. The molecule has 4 aliphatic carbocycles. The molecule has 0 aliphatic heterocycles. The largest absolute Gasteiger partial charge is 0.479 e. The molecular formula is C22H30O3S2. The summed E-state index contributed by atoms with van der Waals surface area (Å²) >= 11 is 7.07. The predicted molar refractivity (Wildman–Crippen MR) is 113 cm³/mol. The minimum Gasteiger partial charge on any atom is -0.479 e. The standard InChI is InChI=1S/C22H30O3S2/c1-4-25-20(26)27-18-12-14-15-5-6-19(24)22(15,3)10-8-16(14)21(2)9-7-13(23)11-17(18)21/h11,14-16,18H,4-10,12H2,1-3H3/t14-,15-,16-,18-,21+,22-/m0/s1. The zero-order chi connectivity index (χ0) is 19.4. The number of hydrogen-bond acceptors (Lipinski definition) is 5. The molecule has 6 atom stereocenters. The summed E-state index contributed by atoms with van der Waals surface area (Å²) in [4.78, 5) is 24.9. The van der Waals surface area contributed by atoms with Gasteiger partial charge >= 0.3 is 0 Å². The predicted octanol–water partition coefficient (Wildman–Crippen LogP) is 5.12. The van der Waals surface area contributed by atoms with Gasteiger partial charge in [-0.25, -0.2) is 0 Å². The van der Waals surface area contributed by atoms with Crippen LogP contribution in [0.25, 0.3) is 0 Å². The normalized spacial score (nSPS) is 43.4. The summed E-state index contributed by atoms with van der Waals surface area (Å²) in [5.74, 6) is 2.35. The number of hydrogen-bond donors (Lipinski definition) is 0. The molecule has 0 aromatic rings. The highest BCUT2D eigenvalue weighted by Gasteiger charge is 2.60. The first-order valence-corrected chi connectivity index (χ1v) is 11.7. The summed E-state index contributed by atoms with van der Waals surface area (Å²) in [5.41, 5.74) is 1.22. The van der Waals surface area contributed by atoms with Crippen LogP contribution >= 0.6 is 24.0 Å². The molecule has 4 rings (SSSR count). The number of Topliss-reactive ketones (excluding diaryl/α,β-unsaturated/α-hetero) is 1. The Morgan fingerprint density at radius 2 is 1.93 bits per heavy atom. The topological polar surface area (TPSA) is 43.4 Å². The van der Waals surface area contributed by atoms with E-state index in [1.54, 1.807) is 11.8 Å². The lowest BCUT2D eigenvalue weighted by Crippen LogP contribution is -2.53. The number of fused-ring (bicyclic) bond motifs is 5. The van der Waals surface area contributed by atoms with Gasteiger partial charge in [0.2, 0.25) is 4.38 Å². The molecule has 0 amide bonds. The Balaban J connectivity index is 1.70. The van der Waals surface area contributed by atoms with Gasteiger partial charge in [-0.3, -0.25) is 9.59 Å². The van der Waals surface area contributed by atoms with E-state index in [0.29, 0.717) is 40.9 Å². The SMILES string of the molecule is CCOC(=S)S[C@H]1C[C@@H]2[C@H](CC[C@]3(C)C(=O)CC[C@@H]23)[C@@]2(C)CCC(=O)C=C12. The first-order chi connectivity index (χ1) is 12.8. The Bertz CT molecular complexity index is 714. The van der Waals surface area contributed by atoms with Crippen LogP contribution in [0, 0.1) is 28.6 Å². The Hall–Kier alpha value is -0.680. The summed E-state index contributed by atoms with van der Waals surface area (Å²) in [6.45, 7) is 7.12. The van der Waals surface area contributed by atoms with Crippen LogP contribution in [-0.4, -0.2) is 27.8 Å². The highest BCUT2D eigenvalue weighted by atomic mass is 32.2. The van der Waals surface area contributed by atoms with Gasteiger partial charge in [-0.2, -0.15) is 0 Å². The summed E-state index contributed by atoms with van der Waals surface area (Å²) < 4.78 is 6.16. The summed E-state index contributed by atoms with van der Waals surface area (Å²) in [6.07, 6.45) is 8.45. The third-order valence-electron chi connectivity index (χ3n) is 8.16. The summed E-state index contributed by atoms with van der Waals surface area (Å²) in [5, 5.41) is 0.206. The lowest BCUT2D eigenvalue weighted by molar-refractivity contribution is -0.132. The first kappa shape index (κ1) is 19.6. The highest BCUT2D eigenvalue weighted by molar-refractivity contribution is 8.23. The smallest absolute Gasteiger partial charge is 0.220 e. The zero-order valence-electron chi connectivity index (χ0n) is 16.6. The Morgan fingerprint density at radius 1 is 1.19 bits per heavy atom. The summed E-state index contributed by atoms with van der Waals surface area (Å²) in [6, 6.07) is 0. The Morgan fingerprint density at radius 3 is 2.67 bits per heavy atom. The van der Waals surface area contributed by atoms with E-state index in [1.165, 1.54) is 5.57 Å². The van der Waals surface area contributed by atoms with E-state index in [1.807, 2.05) is 13.0 Å². The van der Waals surface area contributed by atoms with Gasteiger partial charge in [0, 0.05) is 23.5 Å². The fraction of sp³-hybridized carbons (Fsp3) is 0.773. The average Bonchev–Trinajstić information content (AvgIpc) is 2.92. The maximum absolute atomic E-state index is 12.7. The second kappa shape index (κ2) is 6.98. The number of ether oxygens (including phenoxy) is 1. The molecule has 0 unspecified atom stereocenters. The number of rotatable bonds is 2. The minimum atomic E-state index is -0.126. The van der Waals surface area contributed by atoms with Gasteiger partial charge < -0.3 is 4.74 Å². The van der Waals surface area contributed by atoms with Crippen molar-refractivity contribution >= 4 is 39.9 Å². The third-order valence-corrected chi connectivity index (χ3v) is 9.61. The average molecular weight is 407 g/mol. The van der Waals surface area contributed by atoms with Crippen molar-refractivity contribution in [2.24, 2.45) is 28.6 Å². The quantitative estimate of drug-likeness (QED) is 0.596. The van der Waals surface area contributed by atoms with Crippen LogP contribution in [0.3, 0.4) is 0 Å². The number of carbonyl (C=O) groups excluding carboxylic acids is 2. The zero-order valence-corrected chi connectivity index (χ0v) is 18.2. The highest BCUT2D eigenvalue weighted by Crippen LogP contribution is 2.65. The van der Waals surface area contributed by atoms with Gasteiger partial charge in [0.1, 0.15) is 5.78 Å². The molecule has 0 spiro atoms. The minimum absolute atomic E-state index is 0.0588. The van der Waals surface area contributed by atoms with Crippen molar-refractivity contribution in [3.8, 4) is 0 Å². The van der Waals surface area contributed by atoms with Crippen molar-refractivity contribution in [1.29, 1.82) is 0 Å². The van der Waals surface area contributed by atoms with Crippen molar-refractivity contribution in [1.82, 2.24) is 0 Å². The number of thioether (sulfide) groups is 1. The Kier molecular flexibility index (Phi) is 5.07. The maximum Gasteiger partial charge on any atom is 0.220 e. The molecule has 3 nitrogen and oxygen atoms in total. The lowest BCUT2D eigenvalue weighted by Gasteiger charge is -2.58. The lowest BCUT2D eigenvalue weighted by atomic mass is 9.47. The molecule has 3 fully saturated rings.